The van der Waals surface area contributed by atoms with Crippen molar-refractivity contribution in [1.82, 2.24) is 25.4 Å². The lowest BCUT2D eigenvalue weighted by atomic mass is 10.1. The van der Waals surface area contributed by atoms with Gasteiger partial charge in [-0.3, -0.25) is 14.6 Å². The topological polar surface area (TPSA) is 97.3 Å². The monoisotopic (exact) mass is 433 g/mol. The molecule has 0 radical (unpaired) electrons. The molecule has 1 unspecified atom stereocenters. The predicted molar refractivity (Wildman–Crippen MR) is 108 cm³/mol. The van der Waals surface area contributed by atoms with Gasteiger partial charge < -0.3 is 15.0 Å². The summed E-state index contributed by atoms with van der Waals surface area (Å²) in [7, 11) is 0. The smallest absolute Gasteiger partial charge is 0.278 e. The third-order valence-electron chi connectivity index (χ3n) is 4.98. The van der Waals surface area contributed by atoms with Gasteiger partial charge in [0.1, 0.15) is 0 Å². The van der Waals surface area contributed by atoms with Crippen LogP contribution in [-0.2, 0) is 17.8 Å². The van der Waals surface area contributed by atoms with E-state index >= 15 is 0 Å². The molecule has 1 atom stereocenters. The largest absolute Gasteiger partial charge is 0.470 e. The van der Waals surface area contributed by atoms with E-state index in [1.54, 1.807) is 24.0 Å². The van der Waals surface area contributed by atoms with Gasteiger partial charge in [0, 0.05) is 42.9 Å². The summed E-state index contributed by atoms with van der Waals surface area (Å²) in [5.41, 5.74) is 2.85. The Balaban J connectivity index is 1.78. The summed E-state index contributed by atoms with van der Waals surface area (Å²) in [4.78, 5) is 30.9. The Morgan fingerprint density at radius 2 is 2.13 bits per heavy atom. The van der Waals surface area contributed by atoms with Crippen LogP contribution >= 0.6 is 0 Å². The standard InChI is InChI=1S/C21H25F2N5O3/c1-5-24-18(29)9-17-15-10-28(20(30)14(15)6-7-25-17)13(3)16-8-12(2)19(27-26-16)31-11-21(4,22)23/h6-8,13H,5,9-11H2,1-4H3,(H,24,29). The highest BCUT2D eigenvalue weighted by Gasteiger charge is 2.34. The van der Waals surface area contributed by atoms with E-state index in [1.165, 1.54) is 6.20 Å². The van der Waals surface area contributed by atoms with Crippen molar-refractivity contribution in [3.8, 4) is 5.88 Å². The van der Waals surface area contributed by atoms with Gasteiger partial charge in [-0.15, -0.1) is 10.2 Å². The third-order valence-corrected chi connectivity index (χ3v) is 4.98. The average molecular weight is 433 g/mol. The van der Waals surface area contributed by atoms with Crippen LogP contribution in [0.2, 0.25) is 0 Å². The number of aromatic nitrogens is 3. The Morgan fingerprint density at radius 1 is 1.39 bits per heavy atom. The molecule has 31 heavy (non-hydrogen) atoms. The Hall–Kier alpha value is -3.17. The van der Waals surface area contributed by atoms with Crippen LogP contribution in [0.3, 0.4) is 0 Å². The molecule has 2 aromatic heterocycles. The molecule has 166 valence electrons. The van der Waals surface area contributed by atoms with Crippen LogP contribution in [-0.4, -0.2) is 51.0 Å². The van der Waals surface area contributed by atoms with Crippen molar-refractivity contribution in [3.63, 3.8) is 0 Å². The molecule has 0 aromatic carbocycles. The second-order valence-corrected chi connectivity index (χ2v) is 7.64. The maximum absolute atomic E-state index is 13.0. The molecule has 1 aliphatic rings. The van der Waals surface area contributed by atoms with Crippen LogP contribution in [0.15, 0.2) is 18.3 Å². The molecule has 2 aromatic rings. The number of alkyl halides is 2. The fourth-order valence-electron chi connectivity index (χ4n) is 3.38. The summed E-state index contributed by atoms with van der Waals surface area (Å²) >= 11 is 0. The molecule has 3 rings (SSSR count). The summed E-state index contributed by atoms with van der Waals surface area (Å²) < 4.78 is 31.1. The van der Waals surface area contributed by atoms with Crippen LogP contribution in [0.25, 0.3) is 0 Å². The lowest BCUT2D eigenvalue weighted by Gasteiger charge is -2.24. The van der Waals surface area contributed by atoms with Crippen molar-refractivity contribution in [2.24, 2.45) is 0 Å². The molecule has 0 saturated heterocycles. The maximum Gasteiger partial charge on any atom is 0.278 e. The zero-order valence-electron chi connectivity index (χ0n) is 17.9. The number of hydrogen-bond acceptors (Lipinski definition) is 6. The second kappa shape index (κ2) is 8.91. The van der Waals surface area contributed by atoms with Gasteiger partial charge in [-0.05, 0) is 32.9 Å². The molecule has 2 amide bonds. The van der Waals surface area contributed by atoms with Crippen LogP contribution in [0.5, 0.6) is 5.88 Å². The summed E-state index contributed by atoms with van der Waals surface area (Å²) in [6.45, 7) is 6.10. The van der Waals surface area contributed by atoms with Crippen molar-refractivity contribution in [2.75, 3.05) is 13.2 Å². The van der Waals surface area contributed by atoms with Gasteiger partial charge in [0.25, 0.3) is 11.8 Å². The molecule has 1 aliphatic heterocycles. The van der Waals surface area contributed by atoms with Crippen molar-refractivity contribution < 1.29 is 23.1 Å². The van der Waals surface area contributed by atoms with Crippen molar-refractivity contribution in [3.05, 3.63) is 46.4 Å². The van der Waals surface area contributed by atoms with Crippen LogP contribution in [0, 0.1) is 6.92 Å². The van der Waals surface area contributed by atoms with Gasteiger partial charge in [-0.1, -0.05) is 0 Å². The first kappa shape index (κ1) is 22.5. The van der Waals surface area contributed by atoms with E-state index in [9.17, 15) is 18.4 Å². The number of carbonyl (C=O) groups is 2. The summed E-state index contributed by atoms with van der Waals surface area (Å²) in [5.74, 6) is -3.29. The third kappa shape index (κ3) is 5.12. The molecule has 10 heteroatoms. The van der Waals surface area contributed by atoms with Crippen molar-refractivity contribution in [2.45, 2.75) is 52.6 Å². The average Bonchev–Trinajstić information content (AvgIpc) is 3.04. The first-order valence-electron chi connectivity index (χ1n) is 10.00. The molecule has 0 spiro atoms. The molecule has 0 fully saturated rings. The minimum Gasteiger partial charge on any atom is -0.470 e. The summed E-state index contributed by atoms with van der Waals surface area (Å²) in [6.07, 6.45) is 1.62. The molecular weight excluding hydrogens is 408 g/mol. The summed E-state index contributed by atoms with van der Waals surface area (Å²) in [5, 5.41) is 10.7. The minimum atomic E-state index is -2.98. The first-order chi connectivity index (χ1) is 14.6. The zero-order valence-corrected chi connectivity index (χ0v) is 17.9. The number of aryl methyl sites for hydroxylation is 1. The zero-order chi connectivity index (χ0) is 22.8. The minimum absolute atomic E-state index is 0.0296. The molecule has 1 N–H and O–H groups in total. The van der Waals surface area contributed by atoms with E-state index in [0.29, 0.717) is 35.6 Å². The Labute approximate surface area is 179 Å². The number of halogens is 2. The number of amides is 2. The first-order valence-corrected chi connectivity index (χ1v) is 10.00. The molecular formula is C21H25F2N5O3. The van der Waals surface area contributed by atoms with E-state index in [-0.39, 0.29) is 24.1 Å². The number of nitrogens with zero attached hydrogens (tertiary/aromatic N) is 4. The Morgan fingerprint density at radius 3 is 2.77 bits per heavy atom. The normalized spacial score (nSPS) is 14.4. The van der Waals surface area contributed by atoms with E-state index in [2.05, 4.69) is 20.5 Å². The second-order valence-electron chi connectivity index (χ2n) is 7.64. The highest BCUT2D eigenvalue weighted by atomic mass is 19.3. The van der Waals surface area contributed by atoms with E-state index in [0.717, 1.165) is 12.5 Å². The number of likely N-dealkylation sites (N-methyl/N-ethyl adjacent to an activating group) is 1. The number of pyridine rings is 1. The van der Waals surface area contributed by atoms with Gasteiger partial charge in [0.2, 0.25) is 11.8 Å². The van der Waals surface area contributed by atoms with E-state index in [1.807, 2.05) is 13.8 Å². The molecule has 0 bridgehead atoms. The maximum atomic E-state index is 13.0. The van der Waals surface area contributed by atoms with Crippen LogP contribution < -0.4 is 10.1 Å². The van der Waals surface area contributed by atoms with Gasteiger partial charge in [0.05, 0.1) is 23.9 Å². The van der Waals surface area contributed by atoms with Crippen molar-refractivity contribution in [1.29, 1.82) is 0 Å². The van der Waals surface area contributed by atoms with E-state index < -0.39 is 18.6 Å². The molecule has 3 heterocycles. The van der Waals surface area contributed by atoms with Gasteiger partial charge in [-0.25, -0.2) is 8.78 Å². The fourth-order valence-corrected chi connectivity index (χ4v) is 3.38. The lowest BCUT2D eigenvalue weighted by molar-refractivity contribution is -0.120. The predicted octanol–water partition coefficient (Wildman–Crippen LogP) is 2.61. The SMILES string of the molecule is CCNC(=O)Cc1nccc2c1CN(C(C)c1cc(C)c(OCC(C)(F)F)nn1)C2=O. The molecule has 8 nitrogen and oxygen atoms in total. The summed E-state index contributed by atoms with van der Waals surface area (Å²) in [6, 6.07) is 2.89. The van der Waals surface area contributed by atoms with Gasteiger partial charge >= 0.3 is 0 Å². The number of ether oxygens (including phenoxy) is 1. The van der Waals surface area contributed by atoms with Crippen LogP contribution in [0.1, 0.15) is 59.7 Å². The van der Waals surface area contributed by atoms with Crippen LogP contribution in [0.4, 0.5) is 8.78 Å². The number of nitrogens with one attached hydrogen (secondary N) is 1. The number of rotatable bonds is 8. The Bertz CT molecular complexity index is 993. The fraction of sp³-hybridized carbons (Fsp3) is 0.476. The number of carbonyl (C=O) groups excluding carboxylic acids is 2. The highest BCUT2D eigenvalue weighted by molar-refractivity contribution is 5.99. The van der Waals surface area contributed by atoms with Gasteiger partial charge in [0.15, 0.2) is 6.61 Å². The van der Waals surface area contributed by atoms with Gasteiger partial charge in [-0.2, -0.15) is 0 Å². The number of hydrogen-bond donors (Lipinski definition) is 1. The lowest BCUT2D eigenvalue weighted by Crippen LogP contribution is -2.28. The van der Waals surface area contributed by atoms with Crippen molar-refractivity contribution >= 4 is 11.8 Å². The highest BCUT2D eigenvalue weighted by Crippen LogP contribution is 2.32. The Kier molecular flexibility index (Phi) is 6.47. The molecule has 0 saturated carbocycles. The number of fused-ring (bicyclic) bond motifs is 1. The quantitative estimate of drug-likeness (QED) is 0.687. The molecule has 0 aliphatic carbocycles. The van der Waals surface area contributed by atoms with E-state index in [4.69, 9.17) is 4.74 Å².